The molecule has 0 aromatic rings. The number of fused-ring (bicyclic) bond motifs is 3. The van der Waals surface area contributed by atoms with Gasteiger partial charge < -0.3 is 45.4 Å². The molecular formula is C37H59NO12. The lowest BCUT2D eigenvalue weighted by Gasteiger charge is -2.64. The van der Waals surface area contributed by atoms with E-state index in [0.717, 1.165) is 26.2 Å². The average Bonchev–Trinajstić information content (AvgIpc) is 3.03. The Morgan fingerprint density at radius 3 is 2.12 bits per heavy atom. The van der Waals surface area contributed by atoms with Crippen LogP contribution in [0.1, 0.15) is 107 Å². The van der Waals surface area contributed by atoms with Gasteiger partial charge in [-0.1, -0.05) is 60.8 Å². The van der Waals surface area contributed by atoms with Crippen molar-refractivity contribution in [3.63, 3.8) is 0 Å². The Bertz CT molecular complexity index is 1380. The van der Waals surface area contributed by atoms with Gasteiger partial charge in [-0.25, -0.2) is 4.79 Å². The van der Waals surface area contributed by atoms with Gasteiger partial charge in [0.25, 0.3) is 0 Å². The molecule has 4 rings (SSSR count). The van der Waals surface area contributed by atoms with Gasteiger partial charge in [0, 0.05) is 30.1 Å². The monoisotopic (exact) mass is 709 g/mol. The first-order chi connectivity index (χ1) is 22.9. The van der Waals surface area contributed by atoms with Crippen molar-refractivity contribution in [1.82, 2.24) is 5.32 Å². The number of Topliss-reactive ketones (excluding diaryl/α,β-unsaturated/α-hetero) is 1. The summed E-state index contributed by atoms with van der Waals surface area (Å²) in [7, 11) is 0. The third-order valence-electron chi connectivity index (χ3n) is 12.8. The summed E-state index contributed by atoms with van der Waals surface area (Å²) in [5.41, 5.74) is -8.66. The number of ketones is 1. The van der Waals surface area contributed by atoms with E-state index in [2.05, 4.69) is 5.32 Å². The zero-order valence-corrected chi connectivity index (χ0v) is 31.0. The Balaban J connectivity index is 1.85. The third-order valence-corrected chi connectivity index (χ3v) is 12.8. The standard InChI is InChI=1S/C37H59NO12/c1-18-15-23(41)35(9)28(36(18,47)17-39)30(49-20(3)40)37(48)16-22(19(2)24(34(37,7)8)26(42)29(35)44)50-31(45)27(43)25(21-13-11-10-12-14-21)38-32(46)33(4,5)6/h18,21-23,25-28,30,39,41-43,47-48H,10-17H2,1-9H3,(H,38,46)/t18-,22+,23+,25+,26-,27-,28+,30+,35-,36+,37-/m1/s1. The van der Waals surface area contributed by atoms with Gasteiger partial charge in [0.2, 0.25) is 5.91 Å². The molecule has 0 radical (unpaired) electrons. The molecule has 2 bridgehead atoms. The topological polar surface area (TPSA) is 220 Å². The summed E-state index contributed by atoms with van der Waals surface area (Å²) < 4.78 is 11.8. The molecule has 7 N–H and O–H groups in total. The minimum absolute atomic E-state index is 0.0245. The Hall–Kier alpha value is -2.42. The van der Waals surface area contributed by atoms with Crippen molar-refractivity contribution < 1.29 is 59.3 Å². The van der Waals surface area contributed by atoms with Crippen molar-refractivity contribution in [3.05, 3.63) is 11.1 Å². The number of nitrogens with one attached hydrogen (secondary N) is 1. The van der Waals surface area contributed by atoms with Crippen molar-refractivity contribution in [2.75, 3.05) is 6.61 Å². The van der Waals surface area contributed by atoms with E-state index in [1.165, 1.54) is 27.7 Å². The van der Waals surface area contributed by atoms with Gasteiger partial charge >= 0.3 is 11.9 Å². The third kappa shape index (κ3) is 6.44. The molecule has 1 amide bonds. The molecule has 0 aliphatic heterocycles. The summed E-state index contributed by atoms with van der Waals surface area (Å²) in [5.74, 6) is -5.95. The summed E-state index contributed by atoms with van der Waals surface area (Å²) in [6, 6.07) is -0.970. The van der Waals surface area contributed by atoms with Gasteiger partial charge in [0.1, 0.15) is 23.9 Å². The van der Waals surface area contributed by atoms with E-state index in [4.69, 9.17) is 9.47 Å². The number of aliphatic hydroxyl groups excluding tert-OH is 4. The summed E-state index contributed by atoms with van der Waals surface area (Å²) >= 11 is 0. The number of hydrogen-bond donors (Lipinski definition) is 7. The Morgan fingerprint density at radius 2 is 1.60 bits per heavy atom. The molecule has 0 unspecified atom stereocenters. The fourth-order valence-electron chi connectivity index (χ4n) is 9.43. The molecule has 4 aliphatic rings. The molecule has 0 aromatic heterocycles. The van der Waals surface area contributed by atoms with Crippen molar-refractivity contribution in [1.29, 1.82) is 0 Å². The molecular weight excluding hydrogens is 650 g/mol. The number of esters is 2. The van der Waals surface area contributed by atoms with Gasteiger partial charge in [-0.2, -0.15) is 0 Å². The zero-order valence-electron chi connectivity index (χ0n) is 31.0. The van der Waals surface area contributed by atoms with Crippen LogP contribution in [0.25, 0.3) is 0 Å². The second-order valence-electron chi connectivity index (χ2n) is 17.2. The lowest BCUT2D eigenvalue weighted by molar-refractivity contribution is -0.280. The maximum atomic E-state index is 14.5. The van der Waals surface area contributed by atoms with Gasteiger partial charge in [0.15, 0.2) is 11.9 Å². The van der Waals surface area contributed by atoms with Crippen LogP contribution < -0.4 is 5.32 Å². The highest BCUT2D eigenvalue weighted by atomic mass is 16.6. The zero-order chi connectivity index (χ0) is 37.9. The molecule has 13 nitrogen and oxygen atoms in total. The first kappa shape index (κ1) is 40.4. The van der Waals surface area contributed by atoms with Crippen LogP contribution in [0, 0.1) is 34.0 Å². The average molecular weight is 710 g/mol. The van der Waals surface area contributed by atoms with Crippen LogP contribution in [0.2, 0.25) is 0 Å². The van der Waals surface area contributed by atoms with E-state index < -0.39 is 107 Å². The minimum atomic E-state index is -2.28. The molecule has 0 spiro atoms. The first-order valence-electron chi connectivity index (χ1n) is 17.9. The van der Waals surface area contributed by atoms with E-state index >= 15 is 0 Å². The molecule has 3 fully saturated rings. The van der Waals surface area contributed by atoms with E-state index in [1.54, 1.807) is 27.7 Å². The van der Waals surface area contributed by atoms with E-state index in [-0.39, 0.29) is 29.4 Å². The van der Waals surface area contributed by atoms with E-state index in [1.807, 2.05) is 0 Å². The summed E-state index contributed by atoms with van der Waals surface area (Å²) in [5, 5.41) is 73.4. The summed E-state index contributed by atoms with van der Waals surface area (Å²) in [6.45, 7) is 12.8. The van der Waals surface area contributed by atoms with Crippen LogP contribution in [0.3, 0.4) is 0 Å². The molecule has 0 saturated heterocycles. The van der Waals surface area contributed by atoms with Crippen LogP contribution in [-0.4, -0.2) is 109 Å². The number of hydrogen-bond acceptors (Lipinski definition) is 12. The fourth-order valence-corrected chi connectivity index (χ4v) is 9.43. The Labute approximate surface area is 294 Å². The highest BCUT2D eigenvalue weighted by Gasteiger charge is 2.73. The van der Waals surface area contributed by atoms with Crippen molar-refractivity contribution in [2.24, 2.45) is 34.0 Å². The maximum absolute atomic E-state index is 14.5. The maximum Gasteiger partial charge on any atom is 0.337 e. The van der Waals surface area contributed by atoms with Crippen LogP contribution in [0.5, 0.6) is 0 Å². The number of carbonyl (C=O) groups is 4. The van der Waals surface area contributed by atoms with Crippen molar-refractivity contribution in [3.8, 4) is 0 Å². The van der Waals surface area contributed by atoms with Crippen LogP contribution in [0.15, 0.2) is 11.1 Å². The predicted octanol–water partition coefficient (Wildman–Crippen LogP) is 1.47. The number of carbonyl (C=O) groups excluding carboxylic acids is 4. The number of aliphatic hydroxyl groups is 6. The second kappa shape index (κ2) is 13.9. The van der Waals surface area contributed by atoms with E-state index in [9.17, 15) is 49.8 Å². The van der Waals surface area contributed by atoms with Crippen LogP contribution in [-0.2, 0) is 28.7 Å². The minimum Gasteiger partial charge on any atom is -0.459 e. The summed E-state index contributed by atoms with van der Waals surface area (Å²) in [4.78, 5) is 54.2. The molecule has 50 heavy (non-hydrogen) atoms. The van der Waals surface area contributed by atoms with Gasteiger partial charge in [-0.3, -0.25) is 14.4 Å². The Kier molecular flexibility index (Phi) is 11.2. The molecule has 4 aliphatic carbocycles. The highest BCUT2D eigenvalue weighted by Crippen LogP contribution is 2.62. The molecule has 11 atom stereocenters. The largest absolute Gasteiger partial charge is 0.459 e. The van der Waals surface area contributed by atoms with Crippen molar-refractivity contribution in [2.45, 2.75) is 155 Å². The van der Waals surface area contributed by atoms with Crippen molar-refractivity contribution >= 4 is 23.6 Å². The SMILES string of the molecule is CC(=O)O[C@H]1[C@@H]2[C@](O)(CO)[C@H](C)C[C@H](O)[C@@]2(C)C(=O)[C@H](O)C2=C(C)[C@@H](OC(=O)[C@H](O)[C@@H](NC(=O)C(C)(C)C)C3CCCCC3)C[C@]1(O)C2(C)C. The van der Waals surface area contributed by atoms with Gasteiger partial charge in [-0.15, -0.1) is 0 Å². The smallest absolute Gasteiger partial charge is 0.337 e. The van der Waals surface area contributed by atoms with Gasteiger partial charge in [-0.05, 0) is 56.1 Å². The molecule has 0 heterocycles. The molecule has 13 heteroatoms. The predicted molar refractivity (Wildman–Crippen MR) is 180 cm³/mol. The fraction of sp³-hybridized carbons (Fsp3) is 0.838. The lowest BCUT2D eigenvalue weighted by atomic mass is 9.44. The summed E-state index contributed by atoms with van der Waals surface area (Å²) in [6.07, 6.45) is -4.90. The highest BCUT2D eigenvalue weighted by molar-refractivity contribution is 5.93. The normalized spacial score (nSPS) is 39.0. The number of rotatable bonds is 7. The second-order valence-corrected chi connectivity index (χ2v) is 17.2. The number of amides is 1. The van der Waals surface area contributed by atoms with Gasteiger partial charge in [0.05, 0.1) is 29.8 Å². The first-order valence-corrected chi connectivity index (χ1v) is 17.9. The van der Waals surface area contributed by atoms with E-state index in [0.29, 0.717) is 12.8 Å². The molecule has 0 aromatic carbocycles. The molecule has 3 saturated carbocycles. The van der Waals surface area contributed by atoms with Crippen LogP contribution >= 0.6 is 0 Å². The quantitative estimate of drug-likeness (QED) is 0.148. The molecule has 284 valence electrons. The lowest BCUT2D eigenvalue weighted by Crippen LogP contribution is -2.76. The number of ether oxygens (including phenoxy) is 2. The Morgan fingerprint density at radius 1 is 1.02 bits per heavy atom. The van der Waals surface area contributed by atoms with Crippen LogP contribution in [0.4, 0.5) is 0 Å².